The maximum atomic E-state index is 13.0. The zero-order valence-electron chi connectivity index (χ0n) is 68.4. The lowest BCUT2D eigenvalue weighted by Gasteiger charge is -2.29. The van der Waals surface area contributed by atoms with Crippen LogP contribution in [0.15, 0.2) is 180 Å². The first-order valence-corrected chi connectivity index (χ1v) is 57.0. The van der Waals surface area contributed by atoms with Crippen LogP contribution in [0.4, 0.5) is 20.5 Å². The number of benzene rings is 5. The van der Waals surface area contributed by atoms with Gasteiger partial charge < -0.3 is 21.3 Å². The van der Waals surface area contributed by atoms with Gasteiger partial charge in [0.05, 0.1) is 40.3 Å². The molecule has 34 heteroatoms. The Morgan fingerprint density at radius 3 is 1.02 bits per heavy atom. The Morgan fingerprint density at radius 2 is 0.683 bits per heavy atom. The van der Waals surface area contributed by atoms with Crippen molar-refractivity contribution in [1.82, 2.24) is 43.8 Å². The molecule has 4 aliphatic carbocycles. The topological polar surface area (TPSA) is 297 Å². The molecule has 0 radical (unpaired) electrons. The molecule has 10 heterocycles. The van der Waals surface area contributed by atoms with Crippen molar-refractivity contribution in [2.45, 2.75) is 218 Å². The van der Waals surface area contributed by atoms with Gasteiger partial charge >= 0.3 is 0 Å². The first-order valence-electron chi connectivity index (χ1n) is 42.4. The van der Waals surface area contributed by atoms with E-state index in [0.29, 0.717) is 83.7 Å². The molecule has 0 spiro atoms. The summed E-state index contributed by atoms with van der Waals surface area (Å²) in [5.41, 5.74) is 10.1. The average Bonchev–Trinajstić information content (AvgIpc) is 1.74. The predicted octanol–water partition coefficient (Wildman–Crippen LogP) is 22.3. The predicted molar refractivity (Wildman–Crippen MR) is 539 cm³/mol. The van der Waals surface area contributed by atoms with Crippen LogP contribution in [0, 0.1) is 23.7 Å². The van der Waals surface area contributed by atoms with Crippen LogP contribution < -0.4 is 40.2 Å². The summed E-state index contributed by atoms with van der Waals surface area (Å²) in [4.78, 5) is 35.2. The van der Waals surface area contributed by atoms with Gasteiger partial charge in [0.1, 0.15) is 9.10 Å². The van der Waals surface area contributed by atoms with Gasteiger partial charge in [-0.1, -0.05) is 127 Å². The van der Waals surface area contributed by atoms with Crippen molar-refractivity contribution < 1.29 is 33.7 Å². The minimum absolute atomic E-state index is 0. The van der Waals surface area contributed by atoms with E-state index < -0.39 is 40.1 Å². The highest BCUT2D eigenvalue weighted by atomic mass is 32.2. The fourth-order valence-electron chi connectivity index (χ4n) is 17.0. The highest BCUT2D eigenvalue weighted by molar-refractivity contribution is 8.00. The second-order valence-electron chi connectivity index (χ2n) is 32.3. The molecular formula is C92H121N13O8S13. The summed E-state index contributed by atoms with van der Waals surface area (Å²) in [6, 6.07) is 48.3. The van der Waals surface area contributed by atoms with Gasteiger partial charge in [-0.3, -0.25) is 4.98 Å². The minimum atomic E-state index is -3.62. The summed E-state index contributed by atoms with van der Waals surface area (Å²) in [5.74, 6) is 6.14. The van der Waals surface area contributed by atoms with Crippen molar-refractivity contribution in [2.24, 2.45) is 23.7 Å². The van der Waals surface area contributed by atoms with Crippen molar-refractivity contribution in [3.05, 3.63) is 171 Å². The van der Waals surface area contributed by atoms with E-state index in [1.165, 1.54) is 78.9 Å². The minimum Gasteiger partial charge on any atom is -0.359 e. The molecule has 0 unspecified atom stereocenters. The molecule has 5 aromatic carbocycles. The summed E-state index contributed by atoms with van der Waals surface area (Å²) in [5, 5.41) is 21.4. The molecule has 0 bridgehead atoms. The Balaban J connectivity index is 0.000000152. The third-order valence-electron chi connectivity index (χ3n) is 23.8. The van der Waals surface area contributed by atoms with Crippen LogP contribution in [0.5, 0.6) is 0 Å². The zero-order chi connectivity index (χ0) is 84.2. The fourth-order valence-corrected chi connectivity index (χ4v) is 30.5. The van der Waals surface area contributed by atoms with E-state index in [2.05, 4.69) is 142 Å². The third kappa shape index (κ3) is 26.0. The summed E-state index contributed by atoms with van der Waals surface area (Å²) < 4.78 is 108. The maximum Gasteiger partial charge on any atom is 0.250 e. The van der Waals surface area contributed by atoms with E-state index >= 15 is 0 Å². The standard InChI is InChI=1S/C27H28N4O2S3.C22H25N3O2S4.C20H27N3O2S3.C19H25N3O2S3.4CH4/c32-36(33,24-9-3-5-19-6-4-15-28-25(19)24)29-17-18-10-12-20(13-11-18)30-27-31-26-21-7-1-2-8-22(21)34-16-14-23(26)35-27;26-31(27,20-6-3-12-29-20)23-14-15-7-9-16(10-8-15)24-22-25-21-17-4-1-2-5-18(17)28-13-11-19(21)30-22;1-2-28(24,25)21-13-14-7-9-15(10-8-14)22-20-23-19-16-5-3-4-6-17(16)26-12-11-18(19)27-20;1-27(23,24)20-12-13-6-8-14(9-7-13)21-19-22-18-15-4-2-3-5-16(15)25-11-10-17(18)26-19;;;;/h1-9,15,18,20,29H,10-14,16-17H2,(H,30,31);1-6,12,15-16,23H,7-11,13-14H2,(H,24,25);3-6,14-15,21H,2,7-13H2,1H3,(H,22,23);2-5,13-14,20H,6-12H2,1H3,(H,21,22);4*1H4. The van der Waals surface area contributed by atoms with Crippen LogP contribution >= 0.6 is 104 Å². The number of thiophene rings is 1. The molecule has 8 N–H and O–H groups in total. The number of anilines is 4. The Labute approximate surface area is 785 Å². The number of pyridine rings is 1. The molecule has 4 aliphatic heterocycles. The van der Waals surface area contributed by atoms with Crippen molar-refractivity contribution in [3.63, 3.8) is 0 Å². The SMILES string of the molecule is C.C.C.C.CCS(=O)(=O)NCC1CCC(Nc2nc3c(s2)CCSc2ccccc2-3)CC1.CS(=O)(=O)NCC1CCC(Nc2nc3c(s2)CCSc2ccccc2-3)CC1.O=S(=O)(NCC1CCC(Nc2nc3c(s2)CCSc2ccccc2-3)CC1)c1cccc2cccnc12.O=S(=O)(NCC1CCC(Nc2nc3c(s2)CCSc2ccccc2-3)CC1)c1cccs1. The molecule has 19 rings (SSSR count). The van der Waals surface area contributed by atoms with Gasteiger partial charge in [-0.25, -0.2) is 72.5 Å². The molecule has 0 amide bonds. The highest BCUT2D eigenvalue weighted by Gasteiger charge is 2.32. The molecule has 21 nitrogen and oxygen atoms in total. The van der Waals surface area contributed by atoms with Crippen LogP contribution in [-0.4, -0.2) is 144 Å². The van der Waals surface area contributed by atoms with Crippen molar-refractivity contribution in [1.29, 1.82) is 0 Å². The summed E-state index contributed by atoms with van der Waals surface area (Å²) in [6.45, 7) is 3.79. The van der Waals surface area contributed by atoms with E-state index in [-0.39, 0.29) is 40.4 Å². The Kier molecular flexibility index (Phi) is 36.0. The first kappa shape index (κ1) is 99.0. The molecular weight excluding hydrogens is 1830 g/mol. The Hall–Kier alpha value is -6.03. The third-order valence-corrected chi connectivity index (χ3v) is 38.6. The second kappa shape index (κ2) is 45.9. The maximum absolute atomic E-state index is 13.0. The van der Waals surface area contributed by atoms with E-state index in [1.807, 2.05) is 65.2 Å². The lowest BCUT2D eigenvalue weighted by atomic mass is 9.86. The van der Waals surface area contributed by atoms with Gasteiger partial charge in [-0.2, -0.15) is 0 Å². The number of aromatic nitrogens is 5. The van der Waals surface area contributed by atoms with Gasteiger partial charge in [-0.05, 0) is 207 Å². The molecule has 11 aromatic rings. The number of rotatable bonds is 23. The molecule has 680 valence electrons. The number of para-hydroxylation sites is 1. The lowest BCUT2D eigenvalue weighted by Crippen LogP contribution is -2.34. The Bertz CT molecular complexity index is 5850. The molecule has 0 atom stereocenters. The number of hydrogen-bond acceptors (Lipinski definition) is 26. The van der Waals surface area contributed by atoms with E-state index in [9.17, 15) is 33.7 Å². The molecule has 4 fully saturated rings. The number of hydrogen-bond donors (Lipinski definition) is 8. The number of sulfonamides is 4. The van der Waals surface area contributed by atoms with E-state index in [0.717, 1.165) is 200 Å². The van der Waals surface area contributed by atoms with Crippen LogP contribution in [-0.2, 0) is 65.8 Å². The van der Waals surface area contributed by atoms with Crippen LogP contribution in [0.3, 0.4) is 0 Å². The summed E-state index contributed by atoms with van der Waals surface area (Å²) in [6.07, 6.45) is 23.7. The van der Waals surface area contributed by atoms with Crippen molar-refractivity contribution >= 4 is 175 Å². The first-order chi connectivity index (χ1) is 59.2. The van der Waals surface area contributed by atoms with Gasteiger partial charge in [0.25, 0.3) is 0 Å². The number of nitrogens with one attached hydrogen (secondary N) is 8. The molecule has 8 aliphatic rings. The molecule has 126 heavy (non-hydrogen) atoms. The second-order valence-corrected chi connectivity index (χ2v) is 49.8. The molecule has 4 saturated carbocycles. The molecule has 0 saturated heterocycles. The van der Waals surface area contributed by atoms with Gasteiger partial charge in [0.2, 0.25) is 40.1 Å². The summed E-state index contributed by atoms with van der Waals surface area (Å²) in [7, 11) is -13.2. The fraction of sp³-hybridized carbons (Fsp3) is 0.467. The van der Waals surface area contributed by atoms with Gasteiger partial charge in [0, 0.05) is 146 Å². The van der Waals surface area contributed by atoms with Crippen LogP contribution in [0.2, 0.25) is 0 Å². The zero-order valence-corrected chi connectivity index (χ0v) is 79.0. The van der Waals surface area contributed by atoms with Crippen molar-refractivity contribution in [2.75, 3.05) is 82.5 Å². The van der Waals surface area contributed by atoms with E-state index in [4.69, 9.17) is 19.9 Å². The molecule has 6 aromatic heterocycles. The van der Waals surface area contributed by atoms with Crippen LogP contribution in [0.25, 0.3) is 55.9 Å². The van der Waals surface area contributed by atoms with Gasteiger partial charge in [0.15, 0.2) is 20.5 Å². The number of thioether (sulfide) groups is 4. The van der Waals surface area contributed by atoms with Crippen molar-refractivity contribution in [3.8, 4) is 45.0 Å². The number of fused-ring (bicyclic) bond motifs is 13. The normalized spacial score (nSPS) is 20.7. The monoisotopic (exact) mass is 1950 g/mol. The number of nitrogens with zero attached hydrogens (tertiary/aromatic N) is 5. The largest absolute Gasteiger partial charge is 0.359 e. The number of thiazole rings is 4. The van der Waals surface area contributed by atoms with Crippen LogP contribution in [0.1, 0.15) is 159 Å². The number of aryl methyl sites for hydroxylation is 4. The van der Waals surface area contributed by atoms with E-state index in [1.54, 1.807) is 88.1 Å². The smallest absolute Gasteiger partial charge is 0.250 e. The average molecular weight is 1950 g/mol. The quantitative estimate of drug-likeness (QED) is 0.0295. The lowest BCUT2D eigenvalue weighted by molar-refractivity contribution is 0.337. The summed E-state index contributed by atoms with van der Waals surface area (Å²) >= 11 is 16.1. The van der Waals surface area contributed by atoms with Gasteiger partial charge in [-0.15, -0.1) is 104 Å². The highest BCUT2D eigenvalue weighted by Crippen LogP contribution is 2.47. The Morgan fingerprint density at radius 1 is 0.357 bits per heavy atom.